The van der Waals surface area contributed by atoms with E-state index < -0.39 is 43.1 Å². The number of rotatable bonds is 9. The number of benzene rings is 3. The van der Waals surface area contributed by atoms with Crippen molar-refractivity contribution in [2.24, 2.45) is 4.99 Å². The molecule has 5 rings (SSSR count). The summed E-state index contributed by atoms with van der Waals surface area (Å²) in [6.07, 6.45) is 0.282. The van der Waals surface area contributed by atoms with Crippen LogP contribution in [0.15, 0.2) is 82.7 Å². The molecule has 2 aliphatic rings. The van der Waals surface area contributed by atoms with Gasteiger partial charge in [-0.25, -0.2) is 30.3 Å². The van der Waals surface area contributed by atoms with Crippen LogP contribution in [0.4, 0.5) is 8.78 Å². The molecular weight excluding hydrogens is 562 g/mol. The molecule has 3 aromatic carbocycles. The van der Waals surface area contributed by atoms with Crippen LogP contribution in [-0.4, -0.2) is 47.2 Å². The average Bonchev–Trinajstić information content (AvgIpc) is 3.48. The Morgan fingerprint density at radius 1 is 1.02 bits per heavy atom. The Bertz CT molecular complexity index is 1680. The topological polar surface area (TPSA) is 134 Å². The monoisotopic (exact) mass is 588 g/mol. The van der Waals surface area contributed by atoms with Crippen LogP contribution in [0.25, 0.3) is 0 Å². The second-order valence-corrected chi connectivity index (χ2v) is 13.3. The van der Waals surface area contributed by atoms with Gasteiger partial charge in [-0.05, 0) is 53.8 Å². The predicted molar refractivity (Wildman–Crippen MR) is 144 cm³/mol. The summed E-state index contributed by atoms with van der Waals surface area (Å²) in [5, 5.41) is 2.20. The first-order valence-corrected chi connectivity index (χ1v) is 15.5. The van der Waals surface area contributed by atoms with E-state index in [1.807, 2.05) is 4.72 Å². The summed E-state index contributed by atoms with van der Waals surface area (Å²) in [6, 6.07) is 16.3. The fourth-order valence-corrected chi connectivity index (χ4v) is 7.46. The van der Waals surface area contributed by atoms with Crippen molar-refractivity contribution in [2.75, 3.05) is 6.54 Å². The van der Waals surface area contributed by atoms with Crippen molar-refractivity contribution in [3.05, 3.63) is 101 Å². The normalized spacial score (nSPS) is 20.9. The Morgan fingerprint density at radius 3 is 2.45 bits per heavy atom. The summed E-state index contributed by atoms with van der Waals surface area (Å²) >= 11 is 0. The van der Waals surface area contributed by atoms with Crippen molar-refractivity contribution in [3.8, 4) is 0 Å². The number of halogens is 2. The highest BCUT2D eigenvalue weighted by Gasteiger charge is 2.38. The van der Waals surface area contributed by atoms with Crippen molar-refractivity contribution in [2.45, 2.75) is 41.5 Å². The van der Waals surface area contributed by atoms with E-state index in [9.17, 15) is 30.4 Å². The molecular formula is C27H26F2N4O5S2. The maximum Gasteiger partial charge on any atom is 0.242 e. The van der Waals surface area contributed by atoms with E-state index in [-0.39, 0.29) is 29.6 Å². The summed E-state index contributed by atoms with van der Waals surface area (Å²) in [6.45, 7) is 0.293. The Morgan fingerprint density at radius 2 is 1.77 bits per heavy atom. The summed E-state index contributed by atoms with van der Waals surface area (Å²) in [5.74, 6) is -1.27. The van der Waals surface area contributed by atoms with E-state index in [0.29, 0.717) is 35.5 Å². The van der Waals surface area contributed by atoms with Crippen LogP contribution in [0.3, 0.4) is 0 Å². The third-order valence-electron chi connectivity index (χ3n) is 6.78. The van der Waals surface area contributed by atoms with Gasteiger partial charge in [0.1, 0.15) is 22.7 Å². The fourth-order valence-electron chi connectivity index (χ4n) is 4.80. The number of nitrogens with zero attached hydrogens (tertiary/aromatic N) is 1. The molecule has 3 aromatic rings. The molecule has 0 aliphatic carbocycles. The standard InChI is InChI=1S/C27H26F2N4O5S2/c28-20-5-3-6-22(14-20)39(35,36)32-24(27-30-16-21(31-27)13-19-4-1-2-7-23(19)29)12-17-8-10-18(11-9-17)25-15-26(34)33-40(25,37)38/h1-11,14,21,24-25,32H,12-13,15-16H2,(H,30,31)(H,33,34)/t21-,24+,25+/m1/s1. The number of hydrogen-bond acceptors (Lipinski definition) is 7. The summed E-state index contributed by atoms with van der Waals surface area (Å²) in [4.78, 5) is 15.9. The minimum Gasteiger partial charge on any atom is -0.368 e. The van der Waals surface area contributed by atoms with E-state index in [0.717, 1.165) is 12.1 Å². The second kappa shape index (κ2) is 11.1. The molecule has 0 aromatic heterocycles. The first kappa shape index (κ1) is 27.9. The van der Waals surface area contributed by atoms with Gasteiger partial charge in [-0.2, -0.15) is 0 Å². The predicted octanol–water partition coefficient (Wildman–Crippen LogP) is 2.36. The summed E-state index contributed by atoms with van der Waals surface area (Å²) < 4.78 is 83.4. The van der Waals surface area contributed by atoms with Gasteiger partial charge in [0.25, 0.3) is 0 Å². The maximum absolute atomic E-state index is 14.2. The number of sulfonamides is 2. The van der Waals surface area contributed by atoms with Gasteiger partial charge < -0.3 is 5.32 Å². The van der Waals surface area contributed by atoms with Gasteiger partial charge in [0, 0.05) is 0 Å². The molecule has 210 valence electrons. The van der Waals surface area contributed by atoms with Crippen LogP contribution < -0.4 is 14.8 Å². The number of amides is 1. The Balaban J connectivity index is 1.37. The quantitative estimate of drug-likeness (QED) is 0.352. The highest BCUT2D eigenvalue weighted by atomic mass is 32.2. The van der Waals surface area contributed by atoms with Crippen LogP contribution >= 0.6 is 0 Å². The molecule has 2 heterocycles. The summed E-state index contributed by atoms with van der Waals surface area (Å²) in [7, 11) is -7.97. The molecule has 0 spiro atoms. The van der Waals surface area contributed by atoms with E-state index in [4.69, 9.17) is 0 Å². The first-order chi connectivity index (χ1) is 19.0. The zero-order valence-electron chi connectivity index (χ0n) is 21.0. The third-order valence-corrected chi connectivity index (χ3v) is 9.95. The van der Waals surface area contributed by atoms with Crippen LogP contribution in [0, 0.1) is 11.6 Å². The van der Waals surface area contributed by atoms with Crippen molar-refractivity contribution in [1.82, 2.24) is 14.8 Å². The molecule has 0 radical (unpaired) electrons. The smallest absolute Gasteiger partial charge is 0.242 e. The third kappa shape index (κ3) is 6.21. The van der Waals surface area contributed by atoms with Gasteiger partial charge in [-0.1, -0.05) is 48.5 Å². The van der Waals surface area contributed by atoms with E-state index >= 15 is 0 Å². The van der Waals surface area contributed by atoms with Crippen molar-refractivity contribution >= 4 is 31.8 Å². The van der Waals surface area contributed by atoms with Gasteiger partial charge in [-0.15, -0.1) is 0 Å². The number of carbonyl (C=O) groups is 1. The Kier molecular flexibility index (Phi) is 7.71. The number of nitrogens with one attached hydrogen (secondary N) is 3. The van der Waals surface area contributed by atoms with Crippen LogP contribution in [-0.2, 0) is 37.7 Å². The van der Waals surface area contributed by atoms with E-state index in [1.165, 1.54) is 18.2 Å². The number of aliphatic imine (C=N–C) groups is 1. The number of hydrogen-bond donors (Lipinski definition) is 3. The fraction of sp³-hybridized carbons (Fsp3) is 0.259. The minimum absolute atomic E-state index is 0.127. The van der Waals surface area contributed by atoms with Crippen LogP contribution in [0.2, 0.25) is 0 Å². The molecule has 0 saturated carbocycles. The lowest BCUT2D eigenvalue weighted by Crippen LogP contribution is -2.48. The SMILES string of the molecule is O=C1C[C@@H](c2ccc(C[C@H](NS(=O)(=O)c3cccc(F)c3)C3=NC[C@@H](Cc4ccccc4F)N3)cc2)S(=O)(=O)N1. The molecule has 40 heavy (non-hydrogen) atoms. The van der Waals surface area contributed by atoms with Crippen molar-refractivity contribution < 1.29 is 30.4 Å². The zero-order valence-corrected chi connectivity index (χ0v) is 22.7. The molecule has 9 nitrogen and oxygen atoms in total. The molecule has 1 fully saturated rings. The number of carbonyl (C=O) groups excluding carboxylic acids is 1. The van der Waals surface area contributed by atoms with Crippen molar-refractivity contribution in [1.29, 1.82) is 0 Å². The van der Waals surface area contributed by atoms with Gasteiger partial charge in [0.15, 0.2) is 0 Å². The van der Waals surface area contributed by atoms with Crippen molar-refractivity contribution in [3.63, 3.8) is 0 Å². The molecule has 3 atom stereocenters. The zero-order chi connectivity index (χ0) is 28.5. The van der Waals surface area contributed by atoms with Crippen LogP contribution in [0.1, 0.15) is 28.4 Å². The average molecular weight is 589 g/mol. The molecule has 13 heteroatoms. The molecule has 2 aliphatic heterocycles. The lowest BCUT2D eigenvalue weighted by molar-refractivity contribution is -0.118. The first-order valence-electron chi connectivity index (χ1n) is 12.5. The molecule has 1 saturated heterocycles. The minimum atomic E-state index is -4.16. The van der Waals surface area contributed by atoms with Gasteiger partial charge in [-0.3, -0.25) is 14.5 Å². The lowest BCUT2D eigenvalue weighted by atomic mass is 10.0. The second-order valence-electron chi connectivity index (χ2n) is 9.70. The molecule has 1 amide bonds. The molecule has 3 N–H and O–H groups in total. The molecule has 0 unspecified atom stereocenters. The molecule has 0 bridgehead atoms. The lowest BCUT2D eigenvalue weighted by Gasteiger charge is -2.22. The van der Waals surface area contributed by atoms with Crippen LogP contribution in [0.5, 0.6) is 0 Å². The van der Waals surface area contributed by atoms with Gasteiger partial charge in [0.05, 0.1) is 29.9 Å². The van der Waals surface area contributed by atoms with E-state index in [1.54, 1.807) is 42.5 Å². The largest absolute Gasteiger partial charge is 0.368 e. The number of amidine groups is 1. The maximum atomic E-state index is 14.2. The van der Waals surface area contributed by atoms with Gasteiger partial charge >= 0.3 is 0 Å². The highest BCUT2D eigenvalue weighted by molar-refractivity contribution is 7.90. The Labute approximate surface area is 230 Å². The highest BCUT2D eigenvalue weighted by Crippen LogP contribution is 2.30. The van der Waals surface area contributed by atoms with E-state index in [2.05, 4.69) is 15.0 Å². The van der Waals surface area contributed by atoms with Gasteiger partial charge in [0.2, 0.25) is 26.0 Å². The Hall–Kier alpha value is -3.68. The summed E-state index contributed by atoms with van der Waals surface area (Å²) in [5.41, 5.74) is 1.59.